The number of aromatic hydroxyl groups is 1. The molecule has 1 heterocycles. The summed E-state index contributed by atoms with van der Waals surface area (Å²) in [6.45, 7) is 2.64. The molecular weight excluding hydrogens is 242 g/mol. The largest absolute Gasteiger partial charge is 0.508 e. The van der Waals surface area contributed by atoms with Crippen molar-refractivity contribution in [2.24, 2.45) is 0 Å². The Morgan fingerprint density at radius 3 is 2.88 bits per heavy atom. The van der Waals surface area contributed by atoms with Gasteiger partial charge < -0.3 is 14.9 Å². The molecule has 0 saturated heterocycles. The first kappa shape index (κ1) is 11.9. The smallest absolute Gasteiger partial charge is 0.223 e. The van der Waals surface area contributed by atoms with E-state index in [0.717, 1.165) is 0 Å². The number of nitrogens with zero attached hydrogens (tertiary/aromatic N) is 2. The van der Waals surface area contributed by atoms with Gasteiger partial charge >= 0.3 is 0 Å². The van der Waals surface area contributed by atoms with E-state index in [1.165, 1.54) is 0 Å². The van der Waals surface area contributed by atoms with Crippen molar-refractivity contribution in [3.05, 3.63) is 40.5 Å². The quantitative estimate of drug-likeness (QED) is 0.872. The van der Waals surface area contributed by atoms with Gasteiger partial charge in [-0.25, -0.2) is 0 Å². The molecule has 5 nitrogen and oxygen atoms in total. The van der Waals surface area contributed by atoms with Crippen molar-refractivity contribution < 1.29 is 9.63 Å². The highest BCUT2D eigenvalue weighted by Crippen LogP contribution is 2.24. The summed E-state index contributed by atoms with van der Waals surface area (Å²) in [6, 6.07) is 5.03. The molecule has 0 atom stereocenters. The standard InChI is InChI=1S/C11H12ClN3O2/c1-7-14-11(15-17-7)6-13-5-8-9(12)3-2-4-10(8)16/h2-4,13,16H,5-6H2,1H3. The van der Waals surface area contributed by atoms with Crippen LogP contribution in [0.25, 0.3) is 0 Å². The summed E-state index contributed by atoms with van der Waals surface area (Å²) in [4.78, 5) is 4.05. The van der Waals surface area contributed by atoms with Crippen LogP contribution >= 0.6 is 11.6 Å². The van der Waals surface area contributed by atoms with Crippen molar-refractivity contribution in [2.75, 3.05) is 0 Å². The molecule has 0 saturated carbocycles. The fourth-order valence-corrected chi connectivity index (χ4v) is 1.67. The SMILES string of the molecule is Cc1nc(CNCc2c(O)cccc2Cl)no1. The predicted octanol–water partition coefficient (Wildman–Crippen LogP) is 2.03. The normalized spacial score (nSPS) is 10.7. The lowest BCUT2D eigenvalue weighted by atomic mass is 10.2. The molecule has 0 spiro atoms. The topological polar surface area (TPSA) is 71.2 Å². The first-order valence-electron chi connectivity index (χ1n) is 5.13. The van der Waals surface area contributed by atoms with Gasteiger partial charge in [0.05, 0.1) is 6.54 Å². The van der Waals surface area contributed by atoms with Crippen LogP contribution in [0.2, 0.25) is 5.02 Å². The Morgan fingerprint density at radius 1 is 1.41 bits per heavy atom. The number of aromatic nitrogens is 2. The first-order valence-corrected chi connectivity index (χ1v) is 5.51. The Kier molecular flexibility index (Phi) is 3.61. The molecule has 0 amide bonds. The lowest BCUT2D eigenvalue weighted by molar-refractivity contribution is 0.385. The molecule has 2 rings (SSSR count). The van der Waals surface area contributed by atoms with Crippen LogP contribution in [-0.2, 0) is 13.1 Å². The molecule has 0 radical (unpaired) electrons. The maximum absolute atomic E-state index is 9.62. The number of benzene rings is 1. The summed E-state index contributed by atoms with van der Waals surface area (Å²) >= 11 is 5.97. The highest BCUT2D eigenvalue weighted by molar-refractivity contribution is 6.31. The Hall–Kier alpha value is -1.59. The Balaban J connectivity index is 1.94. The number of halogens is 1. The third-order valence-corrected chi connectivity index (χ3v) is 2.60. The van der Waals surface area contributed by atoms with Crippen LogP contribution < -0.4 is 5.32 Å². The second kappa shape index (κ2) is 5.16. The van der Waals surface area contributed by atoms with Crippen molar-refractivity contribution in [2.45, 2.75) is 20.0 Å². The summed E-state index contributed by atoms with van der Waals surface area (Å²) in [5.74, 6) is 1.28. The van der Waals surface area contributed by atoms with E-state index in [-0.39, 0.29) is 5.75 Å². The van der Waals surface area contributed by atoms with Gasteiger partial charge in [-0.1, -0.05) is 22.8 Å². The number of rotatable bonds is 4. The minimum absolute atomic E-state index is 0.175. The number of phenols is 1. The van der Waals surface area contributed by atoms with Crippen LogP contribution in [0.1, 0.15) is 17.3 Å². The molecule has 90 valence electrons. The summed E-state index contributed by atoms with van der Waals surface area (Å²) < 4.78 is 4.84. The molecular formula is C11H12ClN3O2. The third kappa shape index (κ3) is 2.95. The monoisotopic (exact) mass is 253 g/mol. The molecule has 6 heteroatoms. The zero-order valence-electron chi connectivity index (χ0n) is 9.27. The molecule has 2 N–H and O–H groups in total. The molecule has 0 unspecified atom stereocenters. The third-order valence-electron chi connectivity index (χ3n) is 2.25. The maximum atomic E-state index is 9.62. The average molecular weight is 254 g/mol. The second-order valence-corrected chi connectivity index (χ2v) is 3.98. The maximum Gasteiger partial charge on any atom is 0.223 e. The van der Waals surface area contributed by atoms with E-state index >= 15 is 0 Å². The zero-order valence-corrected chi connectivity index (χ0v) is 10.0. The lowest BCUT2D eigenvalue weighted by Crippen LogP contribution is -2.14. The number of nitrogens with one attached hydrogen (secondary N) is 1. The van der Waals surface area contributed by atoms with Crippen molar-refractivity contribution in [1.82, 2.24) is 15.5 Å². The number of hydrogen-bond acceptors (Lipinski definition) is 5. The second-order valence-electron chi connectivity index (χ2n) is 3.57. The van der Waals surface area contributed by atoms with E-state index < -0.39 is 0 Å². The van der Waals surface area contributed by atoms with Crippen LogP contribution in [0, 0.1) is 6.92 Å². The van der Waals surface area contributed by atoms with Gasteiger partial charge in [-0.15, -0.1) is 0 Å². The average Bonchev–Trinajstić information content (AvgIpc) is 2.69. The fourth-order valence-electron chi connectivity index (χ4n) is 1.43. The lowest BCUT2D eigenvalue weighted by Gasteiger charge is -2.06. The Labute approximate surface area is 103 Å². The Bertz CT molecular complexity index is 493. The van der Waals surface area contributed by atoms with Crippen LogP contribution in [0.4, 0.5) is 0 Å². The van der Waals surface area contributed by atoms with E-state index in [1.807, 2.05) is 0 Å². The molecule has 17 heavy (non-hydrogen) atoms. The van der Waals surface area contributed by atoms with Crippen LogP contribution in [-0.4, -0.2) is 15.2 Å². The minimum Gasteiger partial charge on any atom is -0.508 e. The number of aryl methyl sites for hydroxylation is 1. The van der Waals surface area contributed by atoms with Gasteiger partial charge in [-0.2, -0.15) is 4.98 Å². The molecule has 1 aromatic heterocycles. The van der Waals surface area contributed by atoms with E-state index in [2.05, 4.69) is 15.5 Å². The summed E-state index contributed by atoms with van der Waals surface area (Å²) in [5, 5.41) is 17.0. The molecule has 0 aliphatic rings. The fraction of sp³-hybridized carbons (Fsp3) is 0.273. The van der Waals surface area contributed by atoms with Crippen LogP contribution in [0.5, 0.6) is 5.75 Å². The van der Waals surface area contributed by atoms with Crippen LogP contribution in [0.3, 0.4) is 0 Å². The van der Waals surface area contributed by atoms with Crippen molar-refractivity contribution in [3.63, 3.8) is 0 Å². The zero-order chi connectivity index (χ0) is 12.3. The van der Waals surface area contributed by atoms with Gasteiger partial charge in [0.2, 0.25) is 5.89 Å². The van der Waals surface area contributed by atoms with Crippen molar-refractivity contribution in [3.8, 4) is 5.75 Å². The summed E-state index contributed by atoms with van der Waals surface area (Å²) in [6.07, 6.45) is 0. The minimum atomic E-state index is 0.175. The van der Waals surface area contributed by atoms with E-state index in [9.17, 15) is 5.11 Å². The van der Waals surface area contributed by atoms with E-state index in [4.69, 9.17) is 16.1 Å². The molecule has 0 aliphatic heterocycles. The molecule has 0 bridgehead atoms. The van der Waals surface area contributed by atoms with Gasteiger partial charge in [-0.05, 0) is 12.1 Å². The summed E-state index contributed by atoms with van der Waals surface area (Å²) in [7, 11) is 0. The van der Waals surface area contributed by atoms with Gasteiger partial charge in [-0.3, -0.25) is 0 Å². The Morgan fingerprint density at radius 2 is 2.24 bits per heavy atom. The predicted molar refractivity (Wildman–Crippen MR) is 62.7 cm³/mol. The van der Waals surface area contributed by atoms with E-state index in [1.54, 1.807) is 25.1 Å². The van der Waals surface area contributed by atoms with Gasteiger partial charge in [0.25, 0.3) is 0 Å². The molecule has 2 aromatic rings. The molecule has 1 aromatic carbocycles. The van der Waals surface area contributed by atoms with E-state index in [0.29, 0.717) is 35.4 Å². The number of phenolic OH excluding ortho intramolecular Hbond substituents is 1. The summed E-state index contributed by atoms with van der Waals surface area (Å²) in [5.41, 5.74) is 0.661. The van der Waals surface area contributed by atoms with Crippen LogP contribution in [0.15, 0.2) is 22.7 Å². The van der Waals surface area contributed by atoms with Gasteiger partial charge in [0, 0.05) is 24.1 Å². The molecule has 0 fully saturated rings. The van der Waals surface area contributed by atoms with Crippen molar-refractivity contribution >= 4 is 11.6 Å². The highest BCUT2D eigenvalue weighted by Gasteiger charge is 2.06. The van der Waals surface area contributed by atoms with Crippen molar-refractivity contribution in [1.29, 1.82) is 0 Å². The van der Waals surface area contributed by atoms with Gasteiger partial charge in [0.1, 0.15) is 5.75 Å². The number of hydrogen-bond donors (Lipinski definition) is 2. The molecule has 0 aliphatic carbocycles. The first-order chi connectivity index (χ1) is 8.16. The highest BCUT2D eigenvalue weighted by atomic mass is 35.5. The van der Waals surface area contributed by atoms with Gasteiger partial charge in [0.15, 0.2) is 5.82 Å².